The Kier molecular flexibility index (Phi) is 7.16. The highest BCUT2D eigenvalue weighted by Gasteiger charge is 2.03. The van der Waals surface area contributed by atoms with E-state index in [-0.39, 0.29) is 5.75 Å². The van der Waals surface area contributed by atoms with Crippen molar-refractivity contribution in [2.45, 2.75) is 26.7 Å². The van der Waals surface area contributed by atoms with Gasteiger partial charge in [0, 0.05) is 26.0 Å². The molecule has 0 aromatic rings. The van der Waals surface area contributed by atoms with E-state index in [1.807, 2.05) is 6.92 Å². The van der Waals surface area contributed by atoms with E-state index in [2.05, 4.69) is 36.2 Å². The summed E-state index contributed by atoms with van der Waals surface area (Å²) in [7, 11) is -1.61. The molecule has 0 bridgehead atoms. The molecule has 16 heavy (non-hydrogen) atoms. The fourth-order valence-corrected chi connectivity index (χ4v) is 1.77. The van der Waals surface area contributed by atoms with Crippen LogP contribution in [0.1, 0.15) is 26.7 Å². The van der Waals surface area contributed by atoms with E-state index in [1.165, 1.54) is 0 Å². The largest absolute Gasteiger partial charge is 0.362 e. The third-order valence-corrected chi connectivity index (χ3v) is 2.90. The van der Waals surface area contributed by atoms with Crippen LogP contribution in [-0.4, -0.2) is 48.8 Å². The molecule has 0 fully saturated rings. The van der Waals surface area contributed by atoms with Gasteiger partial charge in [-0.05, 0) is 13.3 Å². The predicted molar refractivity (Wildman–Crippen MR) is 65.5 cm³/mol. The normalized spacial score (nSPS) is 15.0. The van der Waals surface area contributed by atoms with E-state index in [9.17, 15) is 8.42 Å². The molecule has 0 amide bonds. The van der Waals surface area contributed by atoms with Crippen molar-refractivity contribution in [1.29, 1.82) is 0 Å². The van der Waals surface area contributed by atoms with Gasteiger partial charge in [-0.15, -0.1) is 0 Å². The molecule has 0 saturated heterocycles. The second kappa shape index (κ2) is 7.51. The average molecular weight is 250 g/mol. The first-order chi connectivity index (χ1) is 7.39. The molecular weight excluding hydrogens is 228 g/mol. The van der Waals surface area contributed by atoms with E-state index in [4.69, 9.17) is 4.55 Å². The summed E-state index contributed by atoms with van der Waals surface area (Å²) >= 11 is 0. The summed E-state index contributed by atoms with van der Waals surface area (Å²) < 4.78 is 28.0. The average Bonchev–Trinajstić information content (AvgIpc) is 2.61. The molecule has 1 rings (SSSR count). The Hall–Kier alpha value is -0.750. The fraction of sp³-hybridized carbons (Fsp3) is 0.800. The first-order valence-corrected chi connectivity index (χ1v) is 7.07. The number of rotatable bonds is 4. The Morgan fingerprint density at radius 3 is 2.12 bits per heavy atom. The van der Waals surface area contributed by atoms with Gasteiger partial charge in [0.25, 0.3) is 10.1 Å². The molecule has 0 aliphatic carbocycles. The minimum Gasteiger partial charge on any atom is -0.362 e. The summed E-state index contributed by atoms with van der Waals surface area (Å²) in [4.78, 5) is 4.41. The second-order valence-electron chi connectivity index (χ2n) is 3.74. The molecule has 0 aromatic carbocycles. The standard InChI is InChI=1S/C6H12N2.C4H10O3S/c1-3-8-5-4-7(2)6-8;1-2-3-4-8(5,6)7/h4-5H,3,6H2,1-2H3;2-4H2,1H3,(H,5,6,7). The van der Waals surface area contributed by atoms with Crippen molar-refractivity contribution in [2.24, 2.45) is 0 Å². The molecule has 0 atom stereocenters. The Bertz CT molecular complexity index is 301. The van der Waals surface area contributed by atoms with Gasteiger partial charge in [-0.25, -0.2) is 0 Å². The van der Waals surface area contributed by atoms with E-state index in [0.717, 1.165) is 19.6 Å². The van der Waals surface area contributed by atoms with Crippen molar-refractivity contribution in [3.8, 4) is 0 Å². The predicted octanol–water partition coefficient (Wildman–Crippen LogP) is 1.36. The lowest BCUT2D eigenvalue weighted by Gasteiger charge is -2.14. The first kappa shape index (κ1) is 15.2. The molecule has 0 aromatic heterocycles. The smallest absolute Gasteiger partial charge is 0.264 e. The second-order valence-corrected chi connectivity index (χ2v) is 5.31. The SMILES string of the molecule is CCCCS(=O)(=O)O.CCN1C=CN(C)C1. The lowest BCUT2D eigenvalue weighted by Crippen LogP contribution is -2.21. The molecule has 96 valence electrons. The van der Waals surface area contributed by atoms with Gasteiger partial charge >= 0.3 is 0 Å². The first-order valence-electron chi connectivity index (χ1n) is 5.46. The van der Waals surface area contributed by atoms with Crippen molar-refractivity contribution in [2.75, 3.05) is 26.0 Å². The van der Waals surface area contributed by atoms with Gasteiger partial charge in [-0.3, -0.25) is 4.55 Å². The Labute approximate surface area is 98.5 Å². The highest BCUT2D eigenvalue weighted by molar-refractivity contribution is 7.85. The highest BCUT2D eigenvalue weighted by Crippen LogP contribution is 2.00. The Morgan fingerprint density at radius 2 is 1.94 bits per heavy atom. The summed E-state index contributed by atoms with van der Waals surface area (Å²) in [5, 5.41) is 0. The maximum atomic E-state index is 9.95. The lowest BCUT2D eigenvalue weighted by atomic mass is 10.4. The van der Waals surface area contributed by atoms with Crippen LogP contribution in [0, 0.1) is 0 Å². The molecule has 1 aliphatic heterocycles. The zero-order valence-electron chi connectivity index (χ0n) is 10.3. The van der Waals surface area contributed by atoms with E-state index >= 15 is 0 Å². The van der Waals surface area contributed by atoms with Crippen LogP contribution in [0.25, 0.3) is 0 Å². The molecule has 0 saturated carbocycles. The van der Waals surface area contributed by atoms with Crippen LogP contribution in [0.3, 0.4) is 0 Å². The van der Waals surface area contributed by atoms with Gasteiger partial charge in [0.15, 0.2) is 0 Å². The van der Waals surface area contributed by atoms with E-state index in [1.54, 1.807) is 0 Å². The van der Waals surface area contributed by atoms with Crippen LogP contribution in [0.5, 0.6) is 0 Å². The van der Waals surface area contributed by atoms with Crippen LogP contribution in [0.2, 0.25) is 0 Å². The Morgan fingerprint density at radius 1 is 1.31 bits per heavy atom. The number of nitrogens with zero attached hydrogens (tertiary/aromatic N) is 2. The van der Waals surface area contributed by atoms with Crippen LogP contribution in [0.4, 0.5) is 0 Å². The molecule has 6 heteroatoms. The molecule has 1 heterocycles. The van der Waals surface area contributed by atoms with Crippen LogP contribution in [-0.2, 0) is 10.1 Å². The third-order valence-electron chi connectivity index (χ3n) is 2.10. The molecule has 0 spiro atoms. The van der Waals surface area contributed by atoms with Gasteiger partial charge in [-0.1, -0.05) is 13.3 Å². The van der Waals surface area contributed by atoms with Crippen molar-refractivity contribution >= 4 is 10.1 Å². The van der Waals surface area contributed by atoms with Crippen LogP contribution < -0.4 is 0 Å². The maximum Gasteiger partial charge on any atom is 0.264 e. The van der Waals surface area contributed by atoms with Crippen molar-refractivity contribution in [1.82, 2.24) is 9.80 Å². The maximum absolute atomic E-state index is 9.95. The topological polar surface area (TPSA) is 60.9 Å². The molecular formula is C10H22N2O3S. The minimum absolute atomic E-state index is 0.108. The summed E-state index contributed by atoms with van der Waals surface area (Å²) in [6.45, 7) is 6.19. The molecule has 5 nitrogen and oxygen atoms in total. The monoisotopic (exact) mass is 250 g/mol. The van der Waals surface area contributed by atoms with Crippen molar-refractivity contribution < 1.29 is 13.0 Å². The van der Waals surface area contributed by atoms with Crippen LogP contribution in [0.15, 0.2) is 12.4 Å². The zero-order chi connectivity index (χ0) is 12.6. The van der Waals surface area contributed by atoms with E-state index < -0.39 is 10.1 Å². The molecule has 0 unspecified atom stereocenters. The van der Waals surface area contributed by atoms with Gasteiger partial charge < -0.3 is 9.80 Å². The van der Waals surface area contributed by atoms with Gasteiger partial charge in [-0.2, -0.15) is 8.42 Å². The minimum atomic E-state index is -3.69. The van der Waals surface area contributed by atoms with Crippen molar-refractivity contribution in [3.63, 3.8) is 0 Å². The molecule has 1 aliphatic rings. The van der Waals surface area contributed by atoms with Gasteiger partial charge in [0.2, 0.25) is 0 Å². The van der Waals surface area contributed by atoms with E-state index in [0.29, 0.717) is 6.42 Å². The zero-order valence-corrected chi connectivity index (χ0v) is 11.1. The summed E-state index contributed by atoms with van der Waals surface area (Å²) in [6.07, 6.45) is 5.53. The number of unbranched alkanes of at least 4 members (excludes halogenated alkanes) is 1. The van der Waals surface area contributed by atoms with Gasteiger partial charge in [0.1, 0.15) is 0 Å². The number of hydrogen-bond acceptors (Lipinski definition) is 4. The lowest BCUT2D eigenvalue weighted by molar-refractivity contribution is 0.308. The summed E-state index contributed by atoms with van der Waals surface area (Å²) in [5.41, 5.74) is 0. The summed E-state index contributed by atoms with van der Waals surface area (Å²) in [6, 6.07) is 0. The summed E-state index contributed by atoms with van der Waals surface area (Å²) in [5.74, 6) is -0.108. The number of hydrogen-bond donors (Lipinski definition) is 1. The van der Waals surface area contributed by atoms with Crippen molar-refractivity contribution in [3.05, 3.63) is 12.4 Å². The third kappa shape index (κ3) is 8.55. The fourth-order valence-electron chi connectivity index (χ4n) is 1.12. The van der Waals surface area contributed by atoms with Crippen LogP contribution >= 0.6 is 0 Å². The highest BCUT2D eigenvalue weighted by atomic mass is 32.2. The molecule has 1 N–H and O–H groups in total. The van der Waals surface area contributed by atoms with Gasteiger partial charge in [0.05, 0.1) is 12.4 Å². The molecule has 0 radical (unpaired) electrons. The Balaban J connectivity index is 0.000000281. The quantitative estimate of drug-likeness (QED) is 0.763.